The number of hydrogen-bond acceptors (Lipinski definition) is 6. The summed E-state index contributed by atoms with van der Waals surface area (Å²) >= 11 is 0. The van der Waals surface area contributed by atoms with Gasteiger partial charge in [-0.3, -0.25) is 9.59 Å². The molecule has 5 aliphatic carbocycles. The summed E-state index contributed by atoms with van der Waals surface area (Å²) in [6.45, 7) is 16.7. The molecular weight excluding hydrogens is 528 g/mol. The van der Waals surface area contributed by atoms with Gasteiger partial charge < -0.3 is 14.8 Å². The number of ketones is 2. The molecule has 5 fully saturated rings. The van der Waals surface area contributed by atoms with E-state index in [2.05, 4.69) is 46.0 Å². The molecule has 1 unspecified atom stereocenters. The summed E-state index contributed by atoms with van der Waals surface area (Å²) < 4.78 is 11.2. The number of hydrogen-bond donors (Lipinski definition) is 1. The first-order chi connectivity index (χ1) is 19.5. The Bertz CT molecular complexity index is 1270. The third-order valence-corrected chi connectivity index (χ3v) is 14.0. The molecule has 7 heteroatoms. The van der Waals surface area contributed by atoms with Crippen LogP contribution in [0.3, 0.4) is 0 Å². The number of nitrogens with zero attached hydrogens (tertiary/aromatic N) is 1. The predicted octanol–water partition coefficient (Wildman–Crippen LogP) is 6.55. The van der Waals surface area contributed by atoms with Crippen LogP contribution >= 0.6 is 0 Å². The van der Waals surface area contributed by atoms with Crippen molar-refractivity contribution in [2.24, 2.45) is 50.7 Å². The number of Topliss-reactive ketones (excluding diaryl/α,β-unsaturated/α-hetero) is 2. The smallest absolute Gasteiger partial charge is 0.407 e. The Kier molecular flexibility index (Phi) is 6.68. The lowest BCUT2D eigenvalue weighted by Gasteiger charge is -2.72. The Balaban J connectivity index is 1.39. The second-order valence-electron chi connectivity index (χ2n) is 16.9. The number of ether oxygens (including phenoxy) is 2. The van der Waals surface area contributed by atoms with Crippen molar-refractivity contribution in [1.82, 2.24) is 5.32 Å². The Morgan fingerprint density at radius 1 is 0.976 bits per heavy atom. The van der Waals surface area contributed by atoms with Gasteiger partial charge in [-0.05, 0) is 84.4 Å². The van der Waals surface area contributed by atoms with E-state index in [0.29, 0.717) is 25.4 Å². The highest BCUT2D eigenvalue weighted by molar-refractivity contribution is 6.04. The molecule has 1 aliphatic heterocycles. The third-order valence-electron chi connectivity index (χ3n) is 14.0. The molecule has 0 aromatic rings. The number of carbonyl (C=O) groups is 3. The zero-order chi connectivity index (χ0) is 30.5. The molecule has 6 rings (SSSR count). The normalized spacial score (nSPS) is 47.1. The van der Waals surface area contributed by atoms with Crippen LogP contribution in [0.25, 0.3) is 0 Å². The molecule has 42 heavy (non-hydrogen) atoms. The van der Waals surface area contributed by atoms with Crippen molar-refractivity contribution in [3.63, 3.8) is 0 Å². The average molecular weight is 579 g/mol. The quantitative estimate of drug-likeness (QED) is 0.398. The first-order valence-corrected chi connectivity index (χ1v) is 16.3. The van der Waals surface area contributed by atoms with Crippen LogP contribution in [0.4, 0.5) is 4.79 Å². The van der Waals surface area contributed by atoms with Crippen molar-refractivity contribution < 1.29 is 23.9 Å². The fourth-order valence-corrected chi connectivity index (χ4v) is 11.5. The van der Waals surface area contributed by atoms with Crippen LogP contribution in [-0.4, -0.2) is 42.5 Å². The maximum Gasteiger partial charge on any atom is 0.407 e. The first kappa shape index (κ1) is 29.9. The number of alkyl carbamates (subject to hydrolysis) is 1. The number of rotatable bonds is 2. The fraction of sp³-hybridized carbons (Fsp3) is 0.829. The van der Waals surface area contributed by atoms with Gasteiger partial charge in [0.15, 0.2) is 5.78 Å². The minimum atomic E-state index is -0.638. The molecule has 1 N–H and O–H groups in total. The van der Waals surface area contributed by atoms with Crippen molar-refractivity contribution in [3.8, 4) is 6.07 Å². The molecule has 0 radical (unpaired) electrons. The minimum absolute atomic E-state index is 0.0396. The van der Waals surface area contributed by atoms with Crippen LogP contribution in [0, 0.1) is 62.1 Å². The van der Waals surface area contributed by atoms with E-state index in [4.69, 9.17) is 9.47 Å². The number of carbonyl (C=O) groups excluding carboxylic acids is 3. The number of nitriles is 1. The van der Waals surface area contributed by atoms with E-state index in [1.165, 1.54) is 0 Å². The molecule has 1 saturated heterocycles. The van der Waals surface area contributed by atoms with Gasteiger partial charge in [0, 0.05) is 29.7 Å². The molecule has 0 bridgehead atoms. The Hall–Kier alpha value is -2.20. The van der Waals surface area contributed by atoms with Crippen LogP contribution in [-0.2, 0) is 19.1 Å². The third kappa shape index (κ3) is 4.02. The maximum absolute atomic E-state index is 14.7. The molecule has 0 spiro atoms. The number of fused-ring (bicyclic) bond motifs is 7. The highest BCUT2D eigenvalue weighted by atomic mass is 16.6. The SMILES string of the molecule is CC1(C)CC[C@]2(NC(=O)OC3CCOC3)CC[C@]3(C)[C@H](C(=O)C[C@@H]4[C@@]5(C)C=C(C#N)C(=O)C(C)(C)[C@@H]5CC[C@]43C)[C@@H]2C1. The van der Waals surface area contributed by atoms with Crippen molar-refractivity contribution in [1.29, 1.82) is 5.26 Å². The zero-order valence-corrected chi connectivity index (χ0v) is 26.7. The fourth-order valence-electron chi connectivity index (χ4n) is 11.5. The molecule has 1 amide bonds. The number of nitrogens with one attached hydrogen (secondary N) is 1. The number of amides is 1. The lowest BCUT2D eigenvalue weighted by molar-refractivity contribution is -0.214. The standard InChI is InChI=1S/C35H50N2O5/c1-30(2)11-13-35(37-29(40)42-22-9-15-41-20-22)14-12-34(7)27(23(35)18-30)24(38)16-26-32(5)17-21(19-36)28(39)31(3,4)25(32)8-10-33(26,34)6/h17,22-23,25-27H,8-16,18,20H2,1-7H3,(H,37,40)/t22?,23-,25-,26+,27-,32-,33+,34+,35-/m0/s1. The largest absolute Gasteiger partial charge is 0.444 e. The van der Waals surface area contributed by atoms with E-state index in [0.717, 1.165) is 51.4 Å². The Morgan fingerprint density at radius 3 is 2.36 bits per heavy atom. The second-order valence-corrected chi connectivity index (χ2v) is 16.9. The van der Waals surface area contributed by atoms with Gasteiger partial charge in [-0.2, -0.15) is 5.26 Å². The van der Waals surface area contributed by atoms with Crippen LogP contribution in [0.2, 0.25) is 0 Å². The summed E-state index contributed by atoms with van der Waals surface area (Å²) in [4.78, 5) is 41.3. The maximum atomic E-state index is 14.7. The molecule has 1 heterocycles. The summed E-state index contributed by atoms with van der Waals surface area (Å²) in [6.07, 6.45) is 8.87. The highest BCUT2D eigenvalue weighted by Crippen LogP contribution is 2.74. The van der Waals surface area contributed by atoms with Gasteiger partial charge in [0.1, 0.15) is 18.0 Å². The van der Waals surface area contributed by atoms with E-state index in [9.17, 15) is 19.6 Å². The van der Waals surface area contributed by atoms with Crippen molar-refractivity contribution >= 4 is 17.7 Å². The second kappa shape index (κ2) is 9.40. The van der Waals surface area contributed by atoms with Crippen LogP contribution in [0.1, 0.15) is 106 Å². The van der Waals surface area contributed by atoms with Gasteiger partial charge in [-0.25, -0.2) is 4.79 Å². The van der Waals surface area contributed by atoms with Crippen LogP contribution in [0.15, 0.2) is 11.6 Å². The minimum Gasteiger partial charge on any atom is -0.444 e. The average Bonchev–Trinajstić information content (AvgIpc) is 3.41. The summed E-state index contributed by atoms with van der Waals surface area (Å²) in [5.74, 6) is 0.272. The van der Waals surface area contributed by atoms with E-state index in [-0.39, 0.29) is 63.5 Å². The summed E-state index contributed by atoms with van der Waals surface area (Å²) in [5.41, 5.74) is -1.56. The molecule has 9 atom stereocenters. The van der Waals surface area contributed by atoms with Crippen LogP contribution in [0.5, 0.6) is 0 Å². The molecular formula is C35H50N2O5. The van der Waals surface area contributed by atoms with Gasteiger partial charge in [-0.15, -0.1) is 0 Å². The molecule has 230 valence electrons. The molecule has 7 nitrogen and oxygen atoms in total. The van der Waals surface area contributed by atoms with Crippen LogP contribution < -0.4 is 5.32 Å². The van der Waals surface area contributed by atoms with E-state index in [1.807, 2.05) is 19.9 Å². The highest BCUT2D eigenvalue weighted by Gasteiger charge is 2.72. The lowest BCUT2D eigenvalue weighted by Crippen LogP contribution is -2.72. The monoisotopic (exact) mass is 578 g/mol. The Labute approximate surface area is 251 Å². The predicted molar refractivity (Wildman–Crippen MR) is 158 cm³/mol. The summed E-state index contributed by atoms with van der Waals surface area (Å²) in [5, 5.41) is 13.3. The van der Waals surface area contributed by atoms with E-state index < -0.39 is 16.4 Å². The van der Waals surface area contributed by atoms with E-state index in [1.54, 1.807) is 0 Å². The van der Waals surface area contributed by atoms with Crippen molar-refractivity contribution in [3.05, 3.63) is 11.6 Å². The van der Waals surface area contributed by atoms with Gasteiger partial charge in [0.2, 0.25) is 0 Å². The van der Waals surface area contributed by atoms with E-state index >= 15 is 0 Å². The topological polar surface area (TPSA) is 105 Å². The summed E-state index contributed by atoms with van der Waals surface area (Å²) in [6, 6.07) is 2.21. The molecule has 0 aromatic heterocycles. The van der Waals surface area contributed by atoms with Crippen molar-refractivity contribution in [2.45, 2.75) is 118 Å². The number of allylic oxidation sites excluding steroid dienone is 2. The van der Waals surface area contributed by atoms with Gasteiger partial charge in [-0.1, -0.05) is 54.5 Å². The first-order valence-electron chi connectivity index (χ1n) is 16.3. The molecule has 4 saturated carbocycles. The van der Waals surface area contributed by atoms with Gasteiger partial charge >= 0.3 is 6.09 Å². The summed E-state index contributed by atoms with van der Waals surface area (Å²) in [7, 11) is 0. The molecule has 6 aliphatic rings. The molecule has 0 aromatic carbocycles. The van der Waals surface area contributed by atoms with Gasteiger partial charge in [0.05, 0.1) is 18.8 Å². The zero-order valence-electron chi connectivity index (χ0n) is 26.7. The van der Waals surface area contributed by atoms with Crippen molar-refractivity contribution in [2.75, 3.05) is 13.2 Å². The Morgan fingerprint density at radius 2 is 1.69 bits per heavy atom. The van der Waals surface area contributed by atoms with Gasteiger partial charge in [0.25, 0.3) is 0 Å². The lowest BCUT2D eigenvalue weighted by atomic mass is 9.32.